The maximum Gasteiger partial charge on any atom is 2.00 e. The molecule has 0 spiro atoms. The Labute approximate surface area is 394 Å². The van der Waals surface area contributed by atoms with Gasteiger partial charge in [-0.25, -0.2) is 0 Å². The number of aromatic nitrogens is 2. The summed E-state index contributed by atoms with van der Waals surface area (Å²) in [6, 6.07) is 57.1. The van der Waals surface area contributed by atoms with E-state index in [1.54, 1.807) is 6.07 Å². The van der Waals surface area contributed by atoms with Crippen molar-refractivity contribution in [3.05, 3.63) is 193 Å². The summed E-state index contributed by atoms with van der Waals surface area (Å²) < 4.78 is 2.21. The number of hydrogen-bond acceptors (Lipinski definition) is 4. The van der Waals surface area contributed by atoms with Gasteiger partial charge in [0.2, 0.25) is 0 Å². The Balaban J connectivity index is 0.00000560. The van der Waals surface area contributed by atoms with Gasteiger partial charge in [-0.1, -0.05) is 146 Å². The van der Waals surface area contributed by atoms with Gasteiger partial charge in [-0.15, -0.1) is 36.5 Å². The van der Waals surface area contributed by atoms with Crippen molar-refractivity contribution in [1.29, 1.82) is 0 Å². The van der Waals surface area contributed by atoms with E-state index in [0.717, 1.165) is 34.0 Å². The van der Waals surface area contributed by atoms with E-state index >= 15 is 0 Å². The van der Waals surface area contributed by atoms with Gasteiger partial charge in [-0.2, -0.15) is 0 Å². The van der Waals surface area contributed by atoms with Crippen molar-refractivity contribution < 1.29 is 26.2 Å². The summed E-state index contributed by atoms with van der Waals surface area (Å²) in [5, 5.41) is 11.4. The van der Waals surface area contributed by atoms with Crippen LogP contribution in [0.25, 0.3) is 50.6 Å². The Kier molecular flexibility index (Phi) is 12.9. The van der Waals surface area contributed by atoms with E-state index in [1.807, 2.05) is 18.2 Å². The van der Waals surface area contributed by atoms with E-state index < -0.39 is 0 Å². The molecule has 9 rings (SSSR count). The Bertz CT molecular complexity index is 2860. The smallest absolute Gasteiger partial charge is 0.507 e. The van der Waals surface area contributed by atoms with Crippen LogP contribution < -0.4 is 9.80 Å². The summed E-state index contributed by atoms with van der Waals surface area (Å²) in [5.41, 5.74) is 17.7. The average Bonchev–Trinajstić information content (AvgIpc) is 3.91. The molecule has 0 amide bonds. The van der Waals surface area contributed by atoms with Crippen molar-refractivity contribution in [2.75, 3.05) is 9.80 Å². The number of imidazole rings is 1. The van der Waals surface area contributed by atoms with E-state index in [4.69, 9.17) is 4.98 Å². The average molecular weight is 1020 g/mol. The molecule has 2 heterocycles. The van der Waals surface area contributed by atoms with Gasteiger partial charge < -0.3 is 19.5 Å². The van der Waals surface area contributed by atoms with Crippen LogP contribution in [-0.2, 0) is 21.1 Å². The molecule has 0 atom stereocenters. The first-order chi connectivity index (χ1) is 30.5. The molecule has 6 heteroatoms. The van der Waals surface area contributed by atoms with Gasteiger partial charge in [-0.3, -0.25) is 4.98 Å². The van der Waals surface area contributed by atoms with Gasteiger partial charge in [0.15, 0.2) is 0 Å². The standard InChI is InChI=1S/C58H56N4O.Pt/c1-37(2)48-31-44(41-20-11-9-12-21-41)32-49(38(3)4)56(48)60-35-52(59-58(60)47-26-15-18-29-55(47)63)43-24-19-25-46(30-43)61-36-62(54-28-17-16-27-53(54)61)57-50(39(5)6)33-45(34-51(57)40(7)8)42-22-13-10-14-23-42;/h9-29,31-40,63H,1-8H3;/q-2;+2. The molecule has 0 saturated heterocycles. The molecule has 1 aliphatic heterocycles. The zero-order valence-electron chi connectivity index (χ0n) is 38.0. The van der Waals surface area contributed by atoms with Gasteiger partial charge in [0.25, 0.3) is 0 Å². The number of phenolic OH excluding ortho intramolecular Hbond substituents is 1. The Morgan fingerprint density at radius 3 is 1.48 bits per heavy atom. The van der Waals surface area contributed by atoms with E-state index in [1.165, 1.54) is 50.2 Å². The summed E-state index contributed by atoms with van der Waals surface area (Å²) in [6.45, 7) is 20.4. The number of anilines is 4. The molecule has 0 saturated carbocycles. The number of rotatable bonds is 11. The van der Waals surface area contributed by atoms with Crippen molar-refractivity contribution in [3.8, 4) is 56.3 Å². The van der Waals surface area contributed by atoms with Gasteiger partial charge in [-0.05, 0) is 123 Å². The van der Waals surface area contributed by atoms with E-state index in [2.05, 4.69) is 216 Å². The molecular formula is C58H56N4OPt. The number of fused-ring (bicyclic) bond motifs is 1. The number of para-hydroxylation sites is 3. The second-order valence-electron chi connectivity index (χ2n) is 18.0. The largest absolute Gasteiger partial charge is 2.00 e. The van der Waals surface area contributed by atoms with Crippen LogP contribution in [0.4, 0.5) is 22.7 Å². The molecule has 324 valence electrons. The van der Waals surface area contributed by atoms with Gasteiger partial charge in [0.05, 0.1) is 11.3 Å². The van der Waals surface area contributed by atoms with E-state index in [0.29, 0.717) is 23.2 Å². The van der Waals surface area contributed by atoms with Crippen molar-refractivity contribution >= 4 is 22.7 Å². The minimum atomic E-state index is 0. The molecule has 64 heavy (non-hydrogen) atoms. The molecule has 0 fully saturated rings. The summed E-state index contributed by atoms with van der Waals surface area (Å²) in [4.78, 5) is 10.0. The summed E-state index contributed by atoms with van der Waals surface area (Å²) in [6.07, 6.45) is 2.14. The predicted octanol–water partition coefficient (Wildman–Crippen LogP) is 15.9. The first-order valence-electron chi connectivity index (χ1n) is 22.4. The maximum absolute atomic E-state index is 11.4. The number of aromatic hydroxyl groups is 1. The van der Waals surface area contributed by atoms with Crippen LogP contribution in [0, 0.1) is 12.7 Å². The van der Waals surface area contributed by atoms with Crippen molar-refractivity contribution in [2.24, 2.45) is 0 Å². The normalized spacial score (nSPS) is 12.4. The molecule has 0 unspecified atom stereocenters. The number of phenols is 1. The van der Waals surface area contributed by atoms with Gasteiger partial charge in [0.1, 0.15) is 11.6 Å². The fourth-order valence-corrected chi connectivity index (χ4v) is 9.03. The SMILES string of the molecule is CC(C)c1cc(-c2ccccc2)cc(C(C)C)c1N1[CH-]N(c2[c-]c(-c3cn(-c4c(C(C)C)cc(-c5ccccc5)cc4C(C)C)c(-c4ccccc4O)n3)ccc2)c2ccccc21.[Pt+2]. The van der Waals surface area contributed by atoms with Crippen LogP contribution in [-0.4, -0.2) is 14.7 Å². The first kappa shape index (κ1) is 44.4. The zero-order valence-corrected chi connectivity index (χ0v) is 40.2. The minimum Gasteiger partial charge on any atom is -0.507 e. The molecule has 5 nitrogen and oxygen atoms in total. The number of hydrogen-bond donors (Lipinski definition) is 1. The predicted molar refractivity (Wildman–Crippen MR) is 264 cm³/mol. The molecule has 0 aliphatic carbocycles. The summed E-state index contributed by atoms with van der Waals surface area (Å²) in [5.74, 6) is 1.89. The van der Waals surface area contributed by atoms with Crippen LogP contribution in [0.1, 0.15) is 101 Å². The fraction of sp³-hybridized carbons (Fsp3) is 0.207. The third-order valence-corrected chi connectivity index (χ3v) is 12.3. The topological polar surface area (TPSA) is 44.5 Å². The Hall–Kier alpha value is -6.16. The monoisotopic (exact) mass is 1020 g/mol. The van der Waals surface area contributed by atoms with Crippen LogP contribution in [0.2, 0.25) is 0 Å². The second-order valence-corrected chi connectivity index (χ2v) is 18.0. The second kappa shape index (κ2) is 18.5. The maximum atomic E-state index is 11.4. The molecule has 7 aromatic carbocycles. The molecule has 8 aromatic rings. The zero-order chi connectivity index (χ0) is 43.9. The third kappa shape index (κ3) is 8.35. The Morgan fingerprint density at radius 1 is 0.500 bits per heavy atom. The molecule has 1 aromatic heterocycles. The number of nitrogens with zero attached hydrogens (tertiary/aromatic N) is 4. The third-order valence-electron chi connectivity index (χ3n) is 12.3. The number of benzene rings is 7. The molecule has 0 radical (unpaired) electrons. The molecular weight excluding hydrogens is 964 g/mol. The van der Waals surface area contributed by atoms with Gasteiger partial charge >= 0.3 is 21.1 Å². The van der Waals surface area contributed by atoms with Crippen molar-refractivity contribution in [2.45, 2.75) is 79.1 Å². The quantitative estimate of drug-likeness (QED) is 0.131. The van der Waals surface area contributed by atoms with Crippen LogP contribution >= 0.6 is 0 Å². The van der Waals surface area contributed by atoms with Gasteiger partial charge in [0, 0.05) is 22.8 Å². The fourth-order valence-electron chi connectivity index (χ4n) is 9.03. The van der Waals surface area contributed by atoms with Crippen LogP contribution in [0.3, 0.4) is 0 Å². The first-order valence-corrected chi connectivity index (χ1v) is 22.4. The van der Waals surface area contributed by atoms with E-state index in [9.17, 15) is 5.11 Å². The molecule has 0 bridgehead atoms. The Morgan fingerprint density at radius 2 is 0.969 bits per heavy atom. The van der Waals surface area contributed by atoms with Crippen molar-refractivity contribution in [1.82, 2.24) is 9.55 Å². The van der Waals surface area contributed by atoms with E-state index in [-0.39, 0.29) is 38.7 Å². The minimum absolute atomic E-state index is 0. The van der Waals surface area contributed by atoms with Crippen LogP contribution in [0.15, 0.2) is 158 Å². The summed E-state index contributed by atoms with van der Waals surface area (Å²) in [7, 11) is 0. The summed E-state index contributed by atoms with van der Waals surface area (Å²) >= 11 is 0. The van der Waals surface area contributed by atoms with Crippen LogP contribution in [0.5, 0.6) is 5.75 Å². The molecule has 1 aliphatic rings. The van der Waals surface area contributed by atoms with Crippen molar-refractivity contribution in [3.63, 3.8) is 0 Å². The molecule has 1 N–H and O–H groups in total.